The Bertz CT molecular complexity index is 1210. The number of carbonyl (C=O) groups is 1. The Kier molecular flexibility index (Phi) is 7.39. The Morgan fingerprint density at radius 3 is 2.15 bits per heavy atom. The van der Waals surface area contributed by atoms with Crippen molar-refractivity contribution in [2.45, 2.75) is 17.9 Å². The van der Waals surface area contributed by atoms with Gasteiger partial charge in [0.2, 0.25) is 0 Å². The summed E-state index contributed by atoms with van der Waals surface area (Å²) in [6, 6.07) is 15.7. The normalized spacial score (nSPS) is 11.9. The first-order valence-corrected chi connectivity index (χ1v) is 11.3. The average Bonchev–Trinajstić information content (AvgIpc) is 2.80. The molecule has 2 N–H and O–H groups in total. The number of carbonyl (C=O) groups excluding carboxylic acids is 1. The minimum atomic E-state index is -3.93. The van der Waals surface area contributed by atoms with E-state index in [9.17, 15) is 17.6 Å². The fraction of sp³-hybridized carbons (Fsp3) is 0.174. The first-order chi connectivity index (χ1) is 15.7. The molecule has 3 aromatic rings. The monoisotopic (exact) mass is 474 g/mol. The van der Waals surface area contributed by atoms with Crippen LogP contribution in [0.25, 0.3) is 0 Å². The van der Waals surface area contributed by atoms with Gasteiger partial charge in [0.1, 0.15) is 23.1 Å². The highest BCUT2D eigenvalue weighted by molar-refractivity contribution is 7.92. The van der Waals surface area contributed by atoms with Crippen LogP contribution in [0.3, 0.4) is 0 Å². The number of halogens is 1. The van der Waals surface area contributed by atoms with Gasteiger partial charge in [-0.25, -0.2) is 12.8 Å². The molecule has 3 aromatic carbocycles. The SMILES string of the molecule is COc1ccc(OC)c(NS(=O)(=O)c2ccc(NC(=O)[C@@H](C)Oc3ccc(F)cc3)cc2)c1. The summed E-state index contributed by atoms with van der Waals surface area (Å²) in [5.41, 5.74) is 0.605. The largest absolute Gasteiger partial charge is 0.497 e. The molecule has 0 aliphatic rings. The molecule has 0 aliphatic carbocycles. The molecule has 0 bridgehead atoms. The number of anilines is 2. The third kappa shape index (κ3) is 6.13. The molecule has 8 nitrogen and oxygen atoms in total. The fourth-order valence-electron chi connectivity index (χ4n) is 2.83. The molecule has 0 unspecified atom stereocenters. The lowest BCUT2D eigenvalue weighted by atomic mass is 10.3. The van der Waals surface area contributed by atoms with Crippen LogP contribution in [0.4, 0.5) is 15.8 Å². The molecule has 3 rings (SSSR count). The van der Waals surface area contributed by atoms with Gasteiger partial charge < -0.3 is 19.5 Å². The Balaban J connectivity index is 1.67. The summed E-state index contributed by atoms with van der Waals surface area (Å²) in [6.07, 6.45) is -0.860. The van der Waals surface area contributed by atoms with E-state index in [1.165, 1.54) is 68.8 Å². The van der Waals surface area contributed by atoms with Gasteiger partial charge in [0.05, 0.1) is 24.8 Å². The third-order valence-electron chi connectivity index (χ3n) is 4.58. The highest BCUT2D eigenvalue weighted by Gasteiger charge is 2.19. The molecule has 1 amide bonds. The molecule has 0 fully saturated rings. The highest BCUT2D eigenvalue weighted by atomic mass is 32.2. The van der Waals surface area contributed by atoms with E-state index in [2.05, 4.69) is 10.0 Å². The third-order valence-corrected chi connectivity index (χ3v) is 5.96. The molecule has 0 heterocycles. The van der Waals surface area contributed by atoms with Crippen molar-refractivity contribution in [2.24, 2.45) is 0 Å². The second kappa shape index (κ2) is 10.2. The number of methoxy groups -OCH3 is 2. The molecule has 1 atom stereocenters. The lowest BCUT2D eigenvalue weighted by Gasteiger charge is -2.15. The molecule has 0 saturated heterocycles. The van der Waals surface area contributed by atoms with Crippen molar-refractivity contribution in [3.8, 4) is 17.2 Å². The minimum absolute atomic E-state index is 0.0130. The highest BCUT2D eigenvalue weighted by Crippen LogP contribution is 2.31. The first-order valence-electron chi connectivity index (χ1n) is 9.80. The predicted octanol–water partition coefficient (Wildman–Crippen LogP) is 4.05. The zero-order valence-corrected chi connectivity index (χ0v) is 19.0. The molecule has 0 radical (unpaired) electrons. The second-order valence-electron chi connectivity index (χ2n) is 6.90. The van der Waals surface area contributed by atoms with E-state index >= 15 is 0 Å². The molecular weight excluding hydrogens is 451 g/mol. The molecule has 0 aliphatic heterocycles. The van der Waals surface area contributed by atoms with Crippen LogP contribution in [-0.4, -0.2) is 34.6 Å². The zero-order chi connectivity index (χ0) is 24.0. The summed E-state index contributed by atoms with van der Waals surface area (Å²) in [4.78, 5) is 12.4. The zero-order valence-electron chi connectivity index (χ0n) is 18.2. The van der Waals surface area contributed by atoms with Crippen LogP contribution in [0.1, 0.15) is 6.92 Å². The van der Waals surface area contributed by atoms with Gasteiger partial charge >= 0.3 is 0 Å². The molecule has 0 spiro atoms. The average molecular weight is 475 g/mol. The van der Waals surface area contributed by atoms with Crippen LogP contribution in [0.2, 0.25) is 0 Å². The Hall–Kier alpha value is -3.79. The molecule has 0 aromatic heterocycles. The van der Waals surface area contributed by atoms with Crippen molar-refractivity contribution in [3.05, 3.63) is 72.5 Å². The van der Waals surface area contributed by atoms with E-state index in [0.717, 1.165) is 0 Å². The summed E-state index contributed by atoms with van der Waals surface area (Å²) >= 11 is 0. The summed E-state index contributed by atoms with van der Waals surface area (Å²) in [7, 11) is -1.03. The van der Waals surface area contributed by atoms with Crippen molar-refractivity contribution in [1.82, 2.24) is 0 Å². The summed E-state index contributed by atoms with van der Waals surface area (Å²) < 4.78 is 56.9. The number of hydrogen-bond donors (Lipinski definition) is 2. The number of sulfonamides is 1. The Morgan fingerprint density at radius 1 is 0.909 bits per heavy atom. The van der Waals surface area contributed by atoms with Crippen molar-refractivity contribution in [2.75, 3.05) is 24.3 Å². The first kappa shape index (κ1) is 23.9. The maximum atomic E-state index is 13.0. The van der Waals surface area contributed by atoms with E-state index < -0.39 is 27.9 Å². The quantitative estimate of drug-likeness (QED) is 0.485. The van der Waals surface area contributed by atoms with Gasteiger partial charge in [0, 0.05) is 11.8 Å². The van der Waals surface area contributed by atoms with E-state index in [0.29, 0.717) is 22.9 Å². The Morgan fingerprint density at radius 2 is 1.55 bits per heavy atom. The predicted molar refractivity (Wildman–Crippen MR) is 122 cm³/mol. The van der Waals surface area contributed by atoms with E-state index in [4.69, 9.17) is 14.2 Å². The molecule has 33 heavy (non-hydrogen) atoms. The summed E-state index contributed by atoms with van der Waals surface area (Å²) in [6.45, 7) is 1.54. The van der Waals surface area contributed by atoms with Crippen LogP contribution in [0.15, 0.2) is 71.6 Å². The molecular formula is C23H23FN2O6S. The van der Waals surface area contributed by atoms with Crippen molar-refractivity contribution < 1.29 is 31.8 Å². The van der Waals surface area contributed by atoms with Gasteiger partial charge in [0.25, 0.3) is 15.9 Å². The number of benzene rings is 3. The number of amides is 1. The Labute approximate surface area is 191 Å². The van der Waals surface area contributed by atoms with Crippen LogP contribution < -0.4 is 24.2 Å². The van der Waals surface area contributed by atoms with Gasteiger partial charge in [-0.05, 0) is 67.6 Å². The maximum absolute atomic E-state index is 13.0. The summed E-state index contributed by atoms with van der Waals surface area (Å²) in [5.74, 6) is 0.282. The lowest BCUT2D eigenvalue weighted by molar-refractivity contribution is -0.122. The van der Waals surface area contributed by atoms with Crippen LogP contribution in [-0.2, 0) is 14.8 Å². The van der Waals surface area contributed by atoms with Gasteiger partial charge in [-0.15, -0.1) is 0 Å². The fourth-order valence-corrected chi connectivity index (χ4v) is 3.89. The lowest BCUT2D eigenvalue weighted by Crippen LogP contribution is -2.30. The van der Waals surface area contributed by atoms with Crippen molar-refractivity contribution >= 4 is 27.3 Å². The molecule has 174 valence electrons. The maximum Gasteiger partial charge on any atom is 0.265 e. The minimum Gasteiger partial charge on any atom is -0.497 e. The summed E-state index contributed by atoms with van der Waals surface area (Å²) in [5, 5.41) is 2.65. The molecule has 10 heteroatoms. The second-order valence-corrected chi connectivity index (χ2v) is 8.58. The van der Waals surface area contributed by atoms with Gasteiger partial charge in [0.15, 0.2) is 6.10 Å². The standard InChI is InChI=1S/C23H23FN2O6S/c1-15(32-18-8-4-16(24)5-9-18)23(27)25-17-6-11-20(12-7-17)33(28,29)26-21-14-19(30-2)10-13-22(21)31-3/h4-15,26H,1-3H3,(H,25,27)/t15-/m1/s1. The van der Waals surface area contributed by atoms with E-state index in [1.807, 2.05) is 0 Å². The van der Waals surface area contributed by atoms with Crippen LogP contribution in [0, 0.1) is 5.82 Å². The molecule has 0 saturated carbocycles. The number of nitrogens with one attached hydrogen (secondary N) is 2. The number of ether oxygens (including phenoxy) is 3. The number of rotatable bonds is 9. The van der Waals surface area contributed by atoms with E-state index in [-0.39, 0.29) is 10.6 Å². The smallest absolute Gasteiger partial charge is 0.265 e. The van der Waals surface area contributed by atoms with Gasteiger partial charge in [-0.3, -0.25) is 9.52 Å². The van der Waals surface area contributed by atoms with Crippen LogP contribution >= 0.6 is 0 Å². The number of hydrogen-bond acceptors (Lipinski definition) is 6. The van der Waals surface area contributed by atoms with Gasteiger partial charge in [-0.2, -0.15) is 0 Å². The van der Waals surface area contributed by atoms with Crippen molar-refractivity contribution in [1.29, 1.82) is 0 Å². The van der Waals surface area contributed by atoms with E-state index in [1.54, 1.807) is 19.1 Å². The topological polar surface area (TPSA) is 103 Å². The van der Waals surface area contributed by atoms with Crippen LogP contribution in [0.5, 0.6) is 17.2 Å². The van der Waals surface area contributed by atoms with Crippen molar-refractivity contribution in [3.63, 3.8) is 0 Å². The van der Waals surface area contributed by atoms with Gasteiger partial charge in [-0.1, -0.05) is 0 Å².